The first-order valence-electron chi connectivity index (χ1n) is 7.86. The van der Waals surface area contributed by atoms with Gasteiger partial charge in [0.25, 0.3) is 5.91 Å². The van der Waals surface area contributed by atoms with E-state index in [0.29, 0.717) is 5.69 Å². The van der Waals surface area contributed by atoms with Crippen LogP contribution in [0.3, 0.4) is 0 Å². The van der Waals surface area contributed by atoms with E-state index >= 15 is 0 Å². The molecule has 0 aliphatic carbocycles. The fourth-order valence-corrected chi connectivity index (χ4v) is 2.18. The summed E-state index contributed by atoms with van der Waals surface area (Å²) in [5.74, 6) is -1.28. The van der Waals surface area contributed by atoms with E-state index in [2.05, 4.69) is 5.32 Å². The van der Waals surface area contributed by atoms with Crippen molar-refractivity contribution in [1.29, 1.82) is 0 Å². The van der Waals surface area contributed by atoms with Crippen molar-refractivity contribution in [2.24, 2.45) is 0 Å². The molecular weight excluding hydrogens is 340 g/mol. The van der Waals surface area contributed by atoms with E-state index < -0.39 is 23.4 Å². The number of nitrogens with zero attached hydrogens (tertiary/aromatic N) is 1. The SMILES string of the molecule is CCOc1ccc(C(=O)OCC(=O)Nc2ccccc2C)cc1[N+](=O)[O-]. The summed E-state index contributed by atoms with van der Waals surface area (Å²) in [6.07, 6.45) is 0. The van der Waals surface area contributed by atoms with Crippen LogP contribution in [0.5, 0.6) is 5.75 Å². The van der Waals surface area contributed by atoms with Gasteiger partial charge in [-0.05, 0) is 37.6 Å². The van der Waals surface area contributed by atoms with E-state index in [4.69, 9.17) is 9.47 Å². The molecule has 136 valence electrons. The molecule has 0 aliphatic heterocycles. The topological polar surface area (TPSA) is 108 Å². The van der Waals surface area contributed by atoms with Gasteiger partial charge in [0.2, 0.25) is 0 Å². The third kappa shape index (κ3) is 4.79. The highest BCUT2D eigenvalue weighted by Crippen LogP contribution is 2.28. The molecule has 2 aromatic carbocycles. The van der Waals surface area contributed by atoms with Gasteiger partial charge in [-0.2, -0.15) is 0 Å². The number of hydrogen-bond acceptors (Lipinski definition) is 6. The maximum absolute atomic E-state index is 12.0. The first-order valence-corrected chi connectivity index (χ1v) is 7.86. The van der Waals surface area contributed by atoms with Gasteiger partial charge in [-0.1, -0.05) is 18.2 Å². The van der Waals surface area contributed by atoms with Gasteiger partial charge in [0.1, 0.15) is 0 Å². The van der Waals surface area contributed by atoms with Gasteiger partial charge in [-0.15, -0.1) is 0 Å². The van der Waals surface area contributed by atoms with Crippen molar-refractivity contribution < 1.29 is 24.0 Å². The number of aryl methyl sites for hydroxylation is 1. The fourth-order valence-electron chi connectivity index (χ4n) is 2.18. The maximum Gasteiger partial charge on any atom is 0.338 e. The Morgan fingerprint density at radius 1 is 1.19 bits per heavy atom. The Balaban J connectivity index is 2.01. The number of nitro groups is 1. The first kappa shape index (κ1) is 18.9. The number of para-hydroxylation sites is 1. The number of amides is 1. The number of esters is 1. The number of carbonyl (C=O) groups is 2. The van der Waals surface area contributed by atoms with E-state index in [1.54, 1.807) is 19.1 Å². The molecule has 26 heavy (non-hydrogen) atoms. The lowest BCUT2D eigenvalue weighted by atomic mass is 10.2. The lowest BCUT2D eigenvalue weighted by Crippen LogP contribution is -2.21. The second kappa shape index (κ2) is 8.61. The summed E-state index contributed by atoms with van der Waals surface area (Å²) in [7, 11) is 0. The van der Waals surface area contributed by atoms with E-state index in [-0.39, 0.29) is 23.6 Å². The number of nitro benzene ring substituents is 1. The van der Waals surface area contributed by atoms with Gasteiger partial charge < -0.3 is 14.8 Å². The predicted molar refractivity (Wildman–Crippen MR) is 94.4 cm³/mol. The van der Waals surface area contributed by atoms with E-state index in [1.165, 1.54) is 12.1 Å². The third-order valence-corrected chi connectivity index (χ3v) is 3.44. The third-order valence-electron chi connectivity index (χ3n) is 3.44. The molecule has 0 atom stereocenters. The Labute approximate surface area is 149 Å². The van der Waals surface area contributed by atoms with Gasteiger partial charge in [-0.3, -0.25) is 14.9 Å². The van der Waals surface area contributed by atoms with Crippen LogP contribution in [0.2, 0.25) is 0 Å². The van der Waals surface area contributed by atoms with Crippen LogP contribution >= 0.6 is 0 Å². The largest absolute Gasteiger partial charge is 0.487 e. The highest BCUT2D eigenvalue weighted by Gasteiger charge is 2.20. The molecule has 0 aliphatic rings. The molecule has 0 saturated heterocycles. The van der Waals surface area contributed by atoms with Crippen molar-refractivity contribution in [3.05, 3.63) is 63.7 Å². The average Bonchev–Trinajstić information content (AvgIpc) is 2.62. The Morgan fingerprint density at radius 3 is 2.58 bits per heavy atom. The highest BCUT2D eigenvalue weighted by atomic mass is 16.6. The van der Waals surface area contributed by atoms with Gasteiger partial charge in [0, 0.05) is 11.8 Å². The summed E-state index contributed by atoms with van der Waals surface area (Å²) >= 11 is 0. The molecule has 0 heterocycles. The zero-order valence-corrected chi connectivity index (χ0v) is 14.4. The van der Waals surface area contributed by atoms with Crippen LogP contribution in [0.1, 0.15) is 22.8 Å². The molecule has 0 radical (unpaired) electrons. The zero-order valence-electron chi connectivity index (χ0n) is 14.4. The molecule has 0 saturated carbocycles. The molecule has 0 aromatic heterocycles. The monoisotopic (exact) mass is 358 g/mol. The molecule has 2 rings (SSSR count). The minimum atomic E-state index is -0.837. The summed E-state index contributed by atoms with van der Waals surface area (Å²) in [4.78, 5) is 34.4. The molecule has 8 heteroatoms. The maximum atomic E-state index is 12.0. The average molecular weight is 358 g/mol. The Bertz CT molecular complexity index is 834. The fraction of sp³-hybridized carbons (Fsp3) is 0.222. The summed E-state index contributed by atoms with van der Waals surface area (Å²) in [5, 5.41) is 13.7. The van der Waals surface area contributed by atoms with Gasteiger partial charge >= 0.3 is 11.7 Å². The summed E-state index contributed by atoms with van der Waals surface area (Å²) in [6.45, 7) is 3.28. The molecule has 0 fully saturated rings. The summed E-state index contributed by atoms with van der Waals surface area (Å²) < 4.78 is 10.1. The van der Waals surface area contributed by atoms with Crippen LogP contribution in [-0.4, -0.2) is 30.0 Å². The smallest absolute Gasteiger partial charge is 0.338 e. The quantitative estimate of drug-likeness (QED) is 0.463. The second-order valence-corrected chi connectivity index (χ2v) is 5.31. The Kier molecular flexibility index (Phi) is 6.26. The Morgan fingerprint density at radius 2 is 1.92 bits per heavy atom. The number of benzene rings is 2. The van der Waals surface area contributed by atoms with Gasteiger partial charge in [-0.25, -0.2) is 4.79 Å². The van der Waals surface area contributed by atoms with Crippen molar-refractivity contribution >= 4 is 23.3 Å². The lowest BCUT2D eigenvalue weighted by Gasteiger charge is -2.09. The van der Waals surface area contributed by atoms with Gasteiger partial charge in [0.05, 0.1) is 17.1 Å². The van der Waals surface area contributed by atoms with Crippen LogP contribution in [0.15, 0.2) is 42.5 Å². The Hall–Kier alpha value is -3.42. The van der Waals surface area contributed by atoms with Crippen molar-refractivity contribution in [3.8, 4) is 5.75 Å². The molecule has 0 spiro atoms. The van der Waals surface area contributed by atoms with Crippen molar-refractivity contribution in [2.75, 3.05) is 18.5 Å². The van der Waals surface area contributed by atoms with E-state index in [1.807, 2.05) is 19.1 Å². The van der Waals surface area contributed by atoms with Crippen LogP contribution in [0, 0.1) is 17.0 Å². The molecule has 1 N–H and O–H groups in total. The summed E-state index contributed by atoms with van der Waals surface area (Å²) in [6, 6.07) is 10.9. The predicted octanol–water partition coefficient (Wildman–Crippen LogP) is 3.10. The highest BCUT2D eigenvalue weighted by molar-refractivity contribution is 5.96. The van der Waals surface area contributed by atoms with Crippen LogP contribution in [0.25, 0.3) is 0 Å². The number of nitrogens with one attached hydrogen (secondary N) is 1. The molecule has 1 amide bonds. The molecular formula is C18H18N2O6. The van der Waals surface area contributed by atoms with E-state index in [9.17, 15) is 19.7 Å². The van der Waals surface area contributed by atoms with Gasteiger partial charge in [0.15, 0.2) is 12.4 Å². The van der Waals surface area contributed by atoms with Crippen molar-refractivity contribution in [3.63, 3.8) is 0 Å². The number of anilines is 1. The van der Waals surface area contributed by atoms with Crippen molar-refractivity contribution in [1.82, 2.24) is 0 Å². The first-order chi connectivity index (χ1) is 12.4. The normalized spacial score (nSPS) is 10.1. The molecule has 0 bridgehead atoms. The van der Waals surface area contributed by atoms with Crippen LogP contribution in [0.4, 0.5) is 11.4 Å². The number of hydrogen-bond donors (Lipinski definition) is 1. The minimum Gasteiger partial charge on any atom is -0.487 e. The number of rotatable bonds is 7. The van der Waals surface area contributed by atoms with Crippen LogP contribution < -0.4 is 10.1 Å². The number of carbonyl (C=O) groups excluding carboxylic acids is 2. The summed E-state index contributed by atoms with van der Waals surface area (Å²) in [5.41, 5.74) is 1.11. The molecule has 8 nitrogen and oxygen atoms in total. The van der Waals surface area contributed by atoms with E-state index in [0.717, 1.165) is 11.6 Å². The zero-order chi connectivity index (χ0) is 19.1. The second-order valence-electron chi connectivity index (χ2n) is 5.31. The lowest BCUT2D eigenvalue weighted by molar-refractivity contribution is -0.385. The van der Waals surface area contributed by atoms with Crippen LogP contribution in [-0.2, 0) is 9.53 Å². The minimum absolute atomic E-state index is 0.0381. The number of ether oxygens (including phenoxy) is 2. The molecule has 2 aromatic rings. The standard InChI is InChI=1S/C18H18N2O6/c1-3-25-16-9-8-13(10-15(16)20(23)24)18(22)26-11-17(21)19-14-7-5-4-6-12(14)2/h4-10H,3,11H2,1-2H3,(H,19,21). The van der Waals surface area contributed by atoms with Crippen molar-refractivity contribution in [2.45, 2.75) is 13.8 Å². The molecule has 0 unspecified atom stereocenters.